The molecule has 2 amide bonds. The number of hydrogen-bond donors (Lipinski definition) is 1. The largest absolute Gasteiger partial charge is 0.497 e. The Morgan fingerprint density at radius 1 is 1.03 bits per heavy atom. The van der Waals surface area contributed by atoms with Crippen LogP contribution in [0.1, 0.15) is 36.6 Å². The van der Waals surface area contributed by atoms with Crippen molar-refractivity contribution in [2.45, 2.75) is 44.7 Å². The van der Waals surface area contributed by atoms with Crippen LogP contribution in [-0.2, 0) is 22.6 Å². The van der Waals surface area contributed by atoms with Crippen molar-refractivity contribution >= 4 is 28.8 Å². The predicted octanol–water partition coefficient (Wildman–Crippen LogP) is 5.21. The second-order valence-electron chi connectivity index (χ2n) is 9.20. The first kappa shape index (κ1) is 25.9. The van der Waals surface area contributed by atoms with Crippen LogP contribution < -0.4 is 10.1 Å². The van der Waals surface area contributed by atoms with Crippen LogP contribution in [0.25, 0.3) is 0 Å². The van der Waals surface area contributed by atoms with Gasteiger partial charge in [-0.3, -0.25) is 9.59 Å². The molecular formula is C29H35N3O3S. The normalized spacial score (nSPS) is 15.3. The third kappa shape index (κ3) is 6.15. The summed E-state index contributed by atoms with van der Waals surface area (Å²) in [5.74, 6) is 0.620. The predicted molar refractivity (Wildman–Crippen MR) is 145 cm³/mol. The van der Waals surface area contributed by atoms with E-state index >= 15 is 0 Å². The van der Waals surface area contributed by atoms with Crippen LogP contribution in [0, 0.1) is 0 Å². The SMILES string of the molecule is CCC(=O)N(Cc1cccs1)C1(C(=O)Nc2ccc(OC)cc2)CCN(CCc2ccccc2)CC1. The van der Waals surface area contributed by atoms with Gasteiger partial charge in [0.15, 0.2) is 0 Å². The summed E-state index contributed by atoms with van der Waals surface area (Å²) in [4.78, 5) is 32.6. The number of nitrogens with zero attached hydrogens (tertiary/aromatic N) is 2. The highest BCUT2D eigenvalue weighted by molar-refractivity contribution is 7.09. The lowest BCUT2D eigenvalue weighted by molar-refractivity contribution is -0.149. The van der Waals surface area contributed by atoms with Crippen molar-refractivity contribution < 1.29 is 14.3 Å². The molecule has 1 N–H and O–H groups in total. The van der Waals surface area contributed by atoms with Crippen molar-refractivity contribution in [1.82, 2.24) is 9.80 Å². The Labute approximate surface area is 217 Å². The number of hydrogen-bond acceptors (Lipinski definition) is 5. The standard InChI is InChI=1S/C29H35N3O3S/c1-3-27(33)32(22-26-10-7-21-36-26)29(28(34)30-24-11-13-25(35-2)14-12-24)16-19-31(20-17-29)18-15-23-8-5-4-6-9-23/h4-14,21H,3,15-20,22H2,1-2H3,(H,30,34). The molecule has 1 aliphatic rings. The van der Waals surface area contributed by atoms with E-state index in [9.17, 15) is 9.59 Å². The summed E-state index contributed by atoms with van der Waals surface area (Å²) in [6.07, 6.45) is 2.53. The fourth-order valence-corrected chi connectivity index (χ4v) is 5.54. The highest BCUT2D eigenvalue weighted by Crippen LogP contribution is 2.34. The third-order valence-electron chi connectivity index (χ3n) is 7.03. The fraction of sp³-hybridized carbons (Fsp3) is 0.379. The van der Waals surface area contributed by atoms with Crippen LogP contribution in [-0.4, -0.2) is 53.9 Å². The molecule has 0 aliphatic carbocycles. The van der Waals surface area contributed by atoms with Crippen LogP contribution in [0.2, 0.25) is 0 Å². The van der Waals surface area contributed by atoms with Gasteiger partial charge in [0.25, 0.3) is 0 Å². The van der Waals surface area contributed by atoms with E-state index in [0.29, 0.717) is 31.5 Å². The maximum atomic E-state index is 14.0. The number of thiophene rings is 1. The number of carbonyl (C=O) groups is 2. The quantitative estimate of drug-likeness (QED) is 0.411. The number of likely N-dealkylation sites (tertiary alicyclic amines) is 1. The van der Waals surface area contributed by atoms with Crippen LogP contribution in [0.3, 0.4) is 0 Å². The van der Waals surface area contributed by atoms with Crippen LogP contribution in [0.5, 0.6) is 5.75 Å². The van der Waals surface area contributed by atoms with Gasteiger partial charge in [0.2, 0.25) is 11.8 Å². The minimum atomic E-state index is -0.903. The summed E-state index contributed by atoms with van der Waals surface area (Å²) in [6.45, 7) is 4.78. The molecule has 0 saturated carbocycles. The summed E-state index contributed by atoms with van der Waals surface area (Å²) in [5.41, 5.74) is 1.11. The van der Waals surface area contributed by atoms with E-state index in [1.54, 1.807) is 18.4 Å². The maximum absolute atomic E-state index is 14.0. The first-order valence-corrected chi connectivity index (χ1v) is 13.5. The van der Waals surface area contributed by atoms with Gasteiger partial charge < -0.3 is 19.9 Å². The molecule has 2 heterocycles. The lowest BCUT2D eigenvalue weighted by atomic mass is 9.83. The summed E-state index contributed by atoms with van der Waals surface area (Å²) < 4.78 is 5.25. The Hall–Kier alpha value is -3.16. The third-order valence-corrected chi connectivity index (χ3v) is 7.89. The average molecular weight is 506 g/mol. The zero-order valence-electron chi connectivity index (χ0n) is 21.1. The van der Waals surface area contributed by atoms with Crippen molar-refractivity contribution in [3.05, 3.63) is 82.6 Å². The van der Waals surface area contributed by atoms with Gasteiger partial charge in [-0.1, -0.05) is 43.3 Å². The van der Waals surface area contributed by atoms with Crippen molar-refractivity contribution in [1.29, 1.82) is 0 Å². The van der Waals surface area contributed by atoms with E-state index in [2.05, 4.69) is 34.5 Å². The van der Waals surface area contributed by atoms with Crippen molar-refractivity contribution in [2.24, 2.45) is 0 Å². The second-order valence-corrected chi connectivity index (χ2v) is 10.2. The number of carbonyl (C=O) groups excluding carboxylic acids is 2. The van der Waals surface area contributed by atoms with E-state index in [-0.39, 0.29) is 11.8 Å². The molecule has 1 aliphatic heterocycles. The first-order valence-electron chi connectivity index (χ1n) is 12.6. The highest BCUT2D eigenvalue weighted by Gasteiger charge is 2.48. The Morgan fingerprint density at radius 3 is 2.36 bits per heavy atom. The molecule has 4 rings (SSSR count). The molecule has 1 saturated heterocycles. The molecule has 1 fully saturated rings. The topological polar surface area (TPSA) is 61.9 Å². The fourth-order valence-electron chi connectivity index (χ4n) is 4.85. The number of amides is 2. The van der Waals surface area contributed by atoms with Gasteiger partial charge in [-0.15, -0.1) is 11.3 Å². The first-order chi connectivity index (χ1) is 17.5. The minimum Gasteiger partial charge on any atom is -0.497 e. The summed E-state index contributed by atoms with van der Waals surface area (Å²) in [5, 5.41) is 5.13. The highest BCUT2D eigenvalue weighted by atomic mass is 32.1. The maximum Gasteiger partial charge on any atom is 0.250 e. The monoisotopic (exact) mass is 505 g/mol. The van der Waals surface area contributed by atoms with Gasteiger partial charge in [0.05, 0.1) is 13.7 Å². The molecule has 0 radical (unpaired) electrons. The molecule has 0 spiro atoms. The molecule has 7 heteroatoms. The van der Waals surface area contributed by atoms with Gasteiger partial charge >= 0.3 is 0 Å². The summed E-state index contributed by atoms with van der Waals surface area (Å²) in [6, 6.07) is 21.8. The van der Waals surface area contributed by atoms with Gasteiger partial charge in [-0.25, -0.2) is 0 Å². The smallest absolute Gasteiger partial charge is 0.250 e. The number of benzene rings is 2. The number of anilines is 1. The molecular weight excluding hydrogens is 470 g/mol. The molecule has 1 aromatic heterocycles. The van der Waals surface area contributed by atoms with Gasteiger partial charge in [-0.2, -0.15) is 0 Å². The Balaban J connectivity index is 1.55. The number of nitrogens with one attached hydrogen (secondary N) is 1. The van der Waals surface area contributed by atoms with E-state index < -0.39 is 5.54 Å². The Bertz CT molecular complexity index is 1110. The zero-order chi connectivity index (χ0) is 25.4. The molecule has 36 heavy (non-hydrogen) atoms. The summed E-state index contributed by atoms with van der Waals surface area (Å²) >= 11 is 1.62. The summed E-state index contributed by atoms with van der Waals surface area (Å²) in [7, 11) is 1.62. The van der Waals surface area contributed by atoms with Gasteiger partial charge in [0, 0.05) is 36.6 Å². The van der Waals surface area contributed by atoms with Crippen LogP contribution in [0.15, 0.2) is 72.1 Å². The van der Waals surface area contributed by atoms with Crippen molar-refractivity contribution in [3.8, 4) is 5.75 Å². The number of methoxy groups -OCH3 is 1. The molecule has 190 valence electrons. The Kier molecular flexibility index (Phi) is 8.78. The lowest BCUT2D eigenvalue weighted by Gasteiger charge is -2.47. The second kappa shape index (κ2) is 12.2. The lowest BCUT2D eigenvalue weighted by Crippen LogP contribution is -2.63. The zero-order valence-corrected chi connectivity index (χ0v) is 21.9. The molecule has 2 aromatic carbocycles. The van der Waals surface area contributed by atoms with Gasteiger partial charge in [-0.05, 0) is 60.5 Å². The van der Waals surface area contributed by atoms with E-state index in [0.717, 1.165) is 36.7 Å². The van der Waals surface area contributed by atoms with Crippen LogP contribution in [0.4, 0.5) is 5.69 Å². The molecule has 0 unspecified atom stereocenters. The molecule has 0 atom stereocenters. The molecule has 3 aromatic rings. The van der Waals surface area contributed by atoms with E-state index in [4.69, 9.17) is 4.74 Å². The van der Waals surface area contributed by atoms with Crippen LogP contribution >= 0.6 is 11.3 Å². The molecule has 0 bridgehead atoms. The molecule has 6 nitrogen and oxygen atoms in total. The van der Waals surface area contributed by atoms with Crippen molar-refractivity contribution in [2.75, 3.05) is 32.1 Å². The minimum absolute atomic E-state index is 0.00557. The number of ether oxygens (including phenoxy) is 1. The number of piperidine rings is 1. The van der Waals surface area contributed by atoms with E-state index in [1.807, 2.05) is 59.7 Å². The average Bonchev–Trinajstić information content (AvgIpc) is 3.45. The van der Waals surface area contributed by atoms with Gasteiger partial charge in [0.1, 0.15) is 11.3 Å². The number of rotatable bonds is 10. The Morgan fingerprint density at radius 2 is 1.75 bits per heavy atom. The van der Waals surface area contributed by atoms with Crippen molar-refractivity contribution in [3.63, 3.8) is 0 Å². The van der Waals surface area contributed by atoms with E-state index in [1.165, 1.54) is 5.56 Å².